The van der Waals surface area contributed by atoms with E-state index in [2.05, 4.69) is 25.3 Å². The van der Waals surface area contributed by atoms with Gasteiger partial charge in [-0.05, 0) is 55.0 Å². The Bertz CT molecular complexity index is 1340. The first-order valence-corrected chi connectivity index (χ1v) is 9.20. The Kier molecular flexibility index (Phi) is 4.05. The number of nitrogens with zero attached hydrogens (tertiary/aromatic N) is 5. The van der Waals surface area contributed by atoms with Gasteiger partial charge in [-0.25, -0.2) is 15.0 Å². The standard InChI is InChI=1S/C22H18N6O/c1-14-10-15(27-22-21-17(24-12-25-22)4-3-9-23-21)5-8-20(14)29-16-6-7-19-18(11-16)26-13-28(19)2/h3-13H,1-2H3,(H,24,25,27). The first-order valence-electron chi connectivity index (χ1n) is 9.20. The van der Waals surface area contributed by atoms with Crippen LogP contribution in [0, 0.1) is 6.92 Å². The molecule has 5 rings (SSSR count). The smallest absolute Gasteiger partial charge is 0.160 e. The lowest BCUT2D eigenvalue weighted by molar-refractivity contribution is 0.479. The molecule has 0 saturated carbocycles. The van der Waals surface area contributed by atoms with Crippen molar-refractivity contribution in [2.45, 2.75) is 6.92 Å². The number of anilines is 2. The summed E-state index contributed by atoms with van der Waals surface area (Å²) in [6.07, 6.45) is 5.06. The van der Waals surface area contributed by atoms with E-state index in [-0.39, 0.29) is 0 Å². The highest BCUT2D eigenvalue weighted by atomic mass is 16.5. The van der Waals surface area contributed by atoms with Gasteiger partial charge in [0.05, 0.1) is 22.9 Å². The number of hydrogen-bond donors (Lipinski definition) is 1. The predicted octanol–water partition coefficient (Wildman–Crippen LogP) is 4.76. The second-order valence-electron chi connectivity index (χ2n) is 6.81. The van der Waals surface area contributed by atoms with Crippen molar-refractivity contribution in [2.75, 3.05) is 5.32 Å². The molecule has 3 aromatic heterocycles. The third-order valence-corrected chi connectivity index (χ3v) is 4.76. The van der Waals surface area contributed by atoms with Crippen molar-refractivity contribution in [3.63, 3.8) is 0 Å². The molecule has 5 aromatic rings. The molecular weight excluding hydrogens is 364 g/mol. The average Bonchev–Trinajstić information content (AvgIpc) is 3.10. The molecule has 0 amide bonds. The molecule has 29 heavy (non-hydrogen) atoms. The number of hydrogen-bond acceptors (Lipinski definition) is 6. The number of aromatic nitrogens is 5. The van der Waals surface area contributed by atoms with Crippen molar-refractivity contribution in [3.05, 3.63) is 72.9 Å². The summed E-state index contributed by atoms with van der Waals surface area (Å²) in [7, 11) is 1.97. The first kappa shape index (κ1) is 17.1. The quantitative estimate of drug-likeness (QED) is 0.483. The molecule has 0 saturated heterocycles. The van der Waals surface area contributed by atoms with Crippen LogP contribution in [0.1, 0.15) is 5.56 Å². The molecule has 0 unspecified atom stereocenters. The highest BCUT2D eigenvalue weighted by Gasteiger charge is 2.08. The van der Waals surface area contributed by atoms with Crippen molar-refractivity contribution >= 4 is 33.6 Å². The minimum atomic E-state index is 0.671. The summed E-state index contributed by atoms with van der Waals surface area (Å²) in [5, 5.41) is 3.32. The van der Waals surface area contributed by atoms with Gasteiger partial charge in [-0.2, -0.15) is 0 Å². The fourth-order valence-electron chi connectivity index (χ4n) is 3.27. The maximum Gasteiger partial charge on any atom is 0.160 e. The molecular formula is C22H18N6O. The molecule has 0 aliphatic carbocycles. The predicted molar refractivity (Wildman–Crippen MR) is 113 cm³/mol. The minimum absolute atomic E-state index is 0.671. The van der Waals surface area contributed by atoms with Crippen molar-refractivity contribution in [1.82, 2.24) is 24.5 Å². The number of pyridine rings is 1. The first-order chi connectivity index (χ1) is 14.2. The summed E-state index contributed by atoms with van der Waals surface area (Å²) in [5.41, 5.74) is 5.41. The van der Waals surface area contributed by atoms with Crippen LogP contribution in [0.5, 0.6) is 11.5 Å². The van der Waals surface area contributed by atoms with Crippen LogP contribution in [0.4, 0.5) is 11.5 Å². The lowest BCUT2D eigenvalue weighted by Gasteiger charge is -2.12. The summed E-state index contributed by atoms with van der Waals surface area (Å²) < 4.78 is 8.07. The van der Waals surface area contributed by atoms with E-state index in [1.54, 1.807) is 12.5 Å². The van der Waals surface area contributed by atoms with E-state index in [0.717, 1.165) is 44.8 Å². The Morgan fingerprint density at radius 1 is 0.931 bits per heavy atom. The molecule has 1 N–H and O–H groups in total. The molecule has 7 heteroatoms. The van der Waals surface area contributed by atoms with Gasteiger partial charge in [0, 0.05) is 25.0 Å². The van der Waals surface area contributed by atoms with Crippen molar-refractivity contribution < 1.29 is 4.74 Å². The molecule has 0 aliphatic heterocycles. The van der Waals surface area contributed by atoms with Gasteiger partial charge in [-0.1, -0.05) is 0 Å². The van der Waals surface area contributed by atoms with Crippen LogP contribution in [0.15, 0.2) is 67.4 Å². The molecule has 2 aromatic carbocycles. The van der Waals surface area contributed by atoms with Crippen LogP contribution < -0.4 is 10.1 Å². The summed E-state index contributed by atoms with van der Waals surface area (Å²) in [6.45, 7) is 2.01. The number of nitrogens with one attached hydrogen (secondary N) is 1. The molecule has 142 valence electrons. The third kappa shape index (κ3) is 3.23. The van der Waals surface area contributed by atoms with Crippen molar-refractivity contribution in [1.29, 1.82) is 0 Å². The van der Waals surface area contributed by atoms with Crippen LogP contribution in [0.25, 0.3) is 22.1 Å². The van der Waals surface area contributed by atoms with E-state index in [1.807, 2.05) is 67.1 Å². The number of imidazole rings is 1. The Labute approximate surface area is 167 Å². The Morgan fingerprint density at radius 2 is 1.86 bits per heavy atom. The summed E-state index contributed by atoms with van der Waals surface area (Å²) in [5.74, 6) is 2.21. The van der Waals surface area contributed by atoms with Gasteiger partial charge in [0.15, 0.2) is 5.82 Å². The number of fused-ring (bicyclic) bond motifs is 2. The lowest BCUT2D eigenvalue weighted by atomic mass is 10.2. The molecule has 7 nitrogen and oxygen atoms in total. The molecule has 0 atom stereocenters. The number of ether oxygens (including phenoxy) is 1. The number of benzene rings is 2. The third-order valence-electron chi connectivity index (χ3n) is 4.76. The topological polar surface area (TPSA) is 77.8 Å². The minimum Gasteiger partial charge on any atom is -0.457 e. The largest absolute Gasteiger partial charge is 0.457 e. The molecule has 0 radical (unpaired) electrons. The van der Waals surface area contributed by atoms with E-state index in [9.17, 15) is 0 Å². The van der Waals surface area contributed by atoms with Crippen molar-refractivity contribution in [2.24, 2.45) is 7.05 Å². The van der Waals surface area contributed by atoms with Gasteiger partial charge in [0.25, 0.3) is 0 Å². The second-order valence-corrected chi connectivity index (χ2v) is 6.81. The zero-order valence-corrected chi connectivity index (χ0v) is 16.0. The number of rotatable bonds is 4. The fraction of sp³-hybridized carbons (Fsp3) is 0.0909. The van der Waals surface area contributed by atoms with E-state index in [1.165, 1.54) is 6.33 Å². The number of aryl methyl sites for hydroxylation is 2. The Balaban J connectivity index is 1.40. The van der Waals surface area contributed by atoms with E-state index < -0.39 is 0 Å². The van der Waals surface area contributed by atoms with Crippen LogP contribution in [0.2, 0.25) is 0 Å². The van der Waals surface area contributed by atoms with Crippen molar-refractivity contribution in [3.8, 4) is 11.5 Å². The lowest BCUT2D eigenvalue weighted by Crippen LogP contribution is -1.98. The molecule has 0 bridgehead atoms. The normalized spacial score (nSPS) is 11.1. The van der Waals surface area contributed by atoms with E-state index in [0.29, 0.717) is 5.82 Å². The highest BCUT2D eigenvalue weighted by Crippen LogP contribution is 2.30. The maximum absolute atomic E-state index is 6.09. The Hall–Kier alpha value is -4.00. The summed E-state index contributed by atoms with van der Waals surface area (Å²) >= 11 is 0. The molecule has 0 aliphatic rings. The van der Waals surface area contributed by atoms with E-state index >= 15 is 0 Å². The van der Waals surface area contributed by atoms with Gasteiger partial charge in [-0.3, -0.25) is 4.98 Å². The van der Waals surface area contributed by atoms with E-state index in [4.69, 9.17) is 4.74 Å². The van der Waals surface area contributed by atoms with Gasteiger partial charge in [0.2, 0.25) is 0 Å². The Morgan fingerprint density at radius 3 is 2.76 bits per heavy atom. The van der Waals surface area contributed by atoms with Gasteiger partial charge in [-0.15, -0.1) is 0 Å². The van der Waals surface area contributed by atoms with Gasteiger partial charge in [0.1, 0.15) is 23.3 Å². The SMILES string of the molecule is Cc1cc(Nc2ncnc3cccnc23)ccc1Oc1ccc2c(c1)ncn2C. The highest BCUT2D eigenvalue weighted by molar-refractivity contribution is 5.86. The van der Waals surface area contributed by atoms with Crippen LogP contribution >= 0.6 is 0 Å². The van der Waals surface area contributed by atoms with Gasteiger partial charge < -0.3 is 14.6 Å². The fourth-order valence-corrected chi connectivity index (χ4v) is 3.27. The average molecular weight is 382 g/mol. The monoisotopic (exact) mass is 382 g/mol. The van der Waals surface area contributed by atoms with Crippen LogP contribution in [-0.4, -0.2) is 24.5 Å². The van der Waals surface area contributed by atoms with Crippen LogP contribution in [0.3, 0.4) is 0 Å². The molecule has 0 fully saturated rings. The molecule has 3 heterocycles. The summed E-state index contributed by atoms with van der Waals surface area (Å²) in [6, 6.07) is 15.6. The maximum atomic E-state index is 6.09. The second kappa shape index (κ2) is 6.87. The van der Waals surface area contributed by atoms with Crippen LogP contribution in [-0.2, 0) is 7.05 Å². The zero-order valence-electron chi connectivity index (χ0n) is 16.0. The summed E-state index contributed by atoms with van der Waals surface area (Å²) in [4.78, 5) is 17.3. The van der Waals surface area contributed by atoms with Gasteiger partial charge >= 0.3 is 0 Å². The molecule has 0 spiro atoms. The zero-order chi connectivity index (χ0) is 19.8.